The lowest BCUT2D eigenvalue weighted by molar-refractivity contribution is -0.127. The molecule has 0 saturated carbocycles. The van der Waals surface area contributed by atoms with Gasteiger partial charge in [-0.05, 0) is 18.4 Å². The van der Waals surface area contributed by atoms with Gasteiger partial charge in [0, 0.05) is 6.42 Å². The first kappa shape index (κ1) is 10.7. The highest BCUT2D eigenvalue weighted by atomic mass is 16.6. The molecule has 0 fully saturated rings. The number of carbonyl (C=O) groups excluding carboxylic acids is 1. The molecule has 2 rings (SSSR count). The van der Waals surface area contributed by atoms with Crippen LogP contribution in [0.4, 0.5) is 0 Å². The van der Waals surface area contributed by atoms with E-state index in [4.69, 9.17) is 10.6 Å². The molecule has 1 aliphatic rings. The van der Waals surface area contributed by atoms with Gasteiger partial charge < -0.3 is 10.6 Å². The van der Waals surface area contributed by atoms with Crippen molar-refractivity contribution in [2.75, 3.05) is 0 Å². The number of oxime groups is 1. The van der Waals surface area contributed by atoms with Crippen molar-refractivity contribution >= 4 is 11.6 Å². The number of rotatable bonds is 4. The SMILES string of the molecule is NC(=O)C1CC(CCc2ccccc2)=NO1. The quantitative estimate of drug-likeness (QED) is 0.826. The fourth-order valence-electron chi connectivity index (χ4n) is 1.66. The number of carbonyl (C=O) groups is 1. The van der Waals surface area contributed by atoms with Crippen LogP contribution in [-0.2, 0) is 16.1 Å². The molecule has 0 saturated heterocycles. The molecule has 16 heavy (non-hydrogen) atoms. The summed E-state index contributed by atoms with van der Waals surface area (Å²) in [4.78, 5) is 15.8. The third kappa shape index (κ3) is 2.59. The summed E-state index contributed by atoms with van der Waals surface area (Å²) in [6.45, 7) is 0. The molecule has 0 aromatic heterocycles. The molecule has 1 amide bonds. The van der Waals surface area contributed by atoms with Gasteiger partial charge in [-0.15, -0.1) is 0 Å². The number of primary amides is 1. The molecular weight excluding hydrogens is 204 g/mol. The molecular formula is C12H14N2O2. The molecule has 1 aromatic rings. The number of nitrogens with zero attached hydrogens (tertiary/aromatic N) is 1. The molecule has 4 nitrogen and oxygen atoms in total. The number of hydrogen-bond donors (Lipinski definition) is 1. The Kier molecular flexibility index (Phi) is 3.19. The summed E-state index contributed by atoms with van der Waals surface area (Å²) in [6, 6.07) is 10.1. The molecule has 4 heteroatoms. The van der Waals surface area contributed by atoms with Crippen molar-refractivity contribution in [3.8, 4) is 0 Å². The Bertz CT molecular complexity index is 401. The Labute approximate surface area is 94.1 Å². The van der Waals surface area contributed by atoms with Crippen LogP contribution in [-0.4, -0.2) is 17.7 Å². The summed E-state index contributed by atoms with van der Waals surface area (Å²) >= 11 is 0. The normalized spacial score (nSPS) is 19.0. The summed E-state index contributed by atoms with van der Waals surface area (Å²) in [5.41, 5.74) is 7.30. The average molecular weight is 218 g/mol. The Hall–Kier alpha value is -1.84. The highest BCUT2D eigenvalue weighted by molar-refractivity contribution is 5.92. The monoisotopic (exact) mass is 218 g/mol. The molecule has 0 aliphatic carbocycles. The van der Waals surface area contributed by atoms with Crippen molar-refractivity contribution in [3.63, 3.8) is 0 Å². The first-order valence-corrected chi connectivity index (χ1v) is 5.30. The molecule has 1 atom stereocenters. The number of amides is 1. The predicted molar refractivity (Wildman–Crippen MR) is 60.9 cm³/mol. The average Bonchev–Trinajstić information content (AvgIpc) is 2.76. The van der Waals surface area contributed by atoms with Crippen LogP contribution in [0.15, 0.2) is 35.5 Å². The maximum Gasteiger partial charge on any atom is 0.261 e. The van der Waals surface area contributed by atoms with Crippen LogP contribution < -0.4 is 5.73 Å². The van der Waals surface area contributed by atoms with Crippen LogP contribution in [0.2, 0.25) is 0 Å². The smallest absolute Gasteiger partial charge is 0.261 e. The number of benzene rings is 1. The number of hydrogen-bond acceptors (Lipinski definition) is 3. The van der Waals surface area contributed by atoms with E-state index < -0.39 is 12.0 Å². The Morgan fingerprint density at radius 1 is 1.38 bits per heavy atom. The van der Waals surface area contributed by atoms with E-state index in [0.717, 1.165) is 18.6 Å². The van der Waals surface area contributed by atoms with Gasteiger partial charge in [0.05, 0.1) is 5.71 Å². The highest BCUT2D eigenvalue weighted by Crippen LogP contribution is 2.14. The summed E-state index contributed by atoms with van der Waals surface area (Å²) in [5.74, 6) is -0.446. The maximum absolute atomic E-state index is 10.8. The van der Waals surface area contributed by atoms with E-state index in [-0.39, 0.29) is 0 Å². The standard InChI is InChI=1S/C12H14N2O2/c13-12(15)11-8-10(14-16-11)7-6-9-4-2-1-3-5-9/h1-5,11H,6-8H2,(H2,13,15). The lowest BCUT2D eigenvalue weighted by Gasteiger charge is -2.01. The van der Waals surface area contributed by atoms with Gasteiger partial charge in [-0.3, -0.25) is 4.79 Å². The Morgan fingerprint density at radius 3 is 2.75 bits per heavy atom. The fourth-order valence-corrected chi connectivity index (χ4v) is 1.66. The van der Waals surface area contributed by atoms with Crippen molar-refractivity contribution < 1.29 is 9.63 Å². The second kappa shape index (κ2) is 4.79. The maximum atomic E-state index is 10.8. The van der Waals surface area contributed by atoms with Crippen LogP contribution in [0.25, 0.3) is 0 Å². The van der Waals surface area contributed by atoms with E-state index in [1.54, 1.807) is 0 Å². The van der Waals surface area contributed by atoms with Crippen molar-refractivity contribution in [2.45, 2.75) is 25.4 Å². The van der Waals surface area contributed by atoms with Gasteiger partial charge in [0.2, 0.25) is 6.10 Å². The first-order chi connectivity index (χ1) is 7.75. The number of nitrogens with two attached hydrogens (primary N) is 1. The lowest BCUT2D eigenvalue weighted by atomic mass is 10.0. The molecule has 84 valence electrons. The van der Waals surface area contributed by atoms with E-state index in [9.17, 15) is 4.79 Å². The summed E-state index contributed by atoms with van der Waals surface area (Å²) in [6.07, 6.45) is 1.69. The molecule has 0 bridgehead atoms. The van der Waals surface area contributed by atoms with E-state index >= 15 is 0 Å². The zero-order valence-corrected chi connectivity index (χ0v) is 8.93. The molecule has 1 aromatic carbocycles. The zero-order valence-electron chi connectivity index (χ0n) is 8.93. The van der Waals surface area contributed by atoms with E-state index in [0.29, 0.717) is 6.42 Å². The van der Waals surface area contributed by atoms with Gasteiger partial charge in [-0.25, -0.2) is 0 Å². The summed E-state index contributed by atoms with van der Waals surface area (Å²) in [5, 5.41) is 3.87. The minimum Gasteiger partial charge on any atom is -0.382 e. The van der Waals surface area contributed by atoms with Gasteiger partial charge in [0.1, 0.15) is 0 Å². The minimum atomic E-state index is -0.564. The largest absolute Gasteiger partial charge is 0.382 e. The predicted octanol–water partition coefficient (Wildman–Crippen LogP) is 1.25. The Morgan fingerprint density at radius 2 is 2.12 bits per heavy atom. The zero-order chi connectivity index (χ0) is 11.4. The third-order valence-electron chi connectivity index (χ3n) is 2.59. The molecule has 1 aliphatic heterocycles. The second-order valence-electron chi connectivity index (χ2n) is 3.84. The highest BCUT2D eigenvalue weighted by Gasteiger charge is 2.25. The second-order valence-corrected chi connectivity index (χ2v) is 3.84. The van der Waals surface area contributed by atoms with Crippen molar-refractivity contribution in [1.29, 1.82) is 0 Å². The molecule has 1 heterocycles. The molecule has 2 N–H and O–H groups in total. The van der Waals surface area contributed by atoms with Crippen LogP contribution in [0.5, 0.6) is 0 Å². The Balaban J connectivity index is 1.82. The summed E-state index contributed by atoms with van der Waals surface area (Å²) in [7, 11) is 0. The lowest BCUT2D eigenvalue weighted by Crippen LogP contribution is -2.28. The summed E-state index contributed by atoms with van der Waals surface area (Å²) < 4.78 is 0. The molecule has 0 spiro atoms. The van der Waals surface area contributed by atoms with Crippen LogP contribution >= 0.6 is 0 Å². The number of aryl methyl sites for hydroxylation is 1. The van der Waals surface area contributed by atoms with Gasteiger partial charge >= 0.3 is 0 Å². The van der Waals surface area contributed by atoms with Crippen molar-refractivity contribution in [1.82, 2.24) is 0 Å². The van der Waals surface area contributed by atoms with Crippen LogP contribution in [0.1, 0.15) is 18.4 Å². The molecule has 0 radical (unpaired) electrons. The van der Waals surface area contributed by atoms with E-state index in [2.05, 4.69) is 17.3 Å². The van der Waals surface area contributed by atoms with Gasteiger partial charge in [-0.1, -0.05) is 35.5 Å². The minimum absolute atomic E-state index is 0.446. The van der Waals surface area contributed by atoms with Crippen molar-refractivity contribution in [3.05, 3.63) is 35.9 Å². The fraction of sp³-hybridized carbons (Fsp3) is 0.333. The van der Waals surface area contributed by atoms with Crippen LogP contribution in [0, 0.1) is 0 Å². The van der Waals surface area contributed by atoms with Gasteiger partial charge in [-0.2, -0.15) is 0 Å². The van der Waals surface area contributed by atoms with Crippen LogP contribution in [0.3, 0.4) is 0 Å². The first-order valence-electron chi connectivity index (χ1n) is 5.30. The van der Waals surface area contributed by atoms with Gasteiger partial charge in [0.25, 0.3) is 5.91 Å². The topological polar surface area (TPSA) is 64.7 Å². The van der Waals surface area contributed by atoms with E-state index in [1.165, 1.54) is 5.56 Å². The molecule has 1 unspecified atom stereocenters. The van der Waals surface area contributed by atoms with Gasteiger partial charge in [0.15, 0.2) is 0 Å². The van der Waals surface area contributed by atoms with E-state index in [1.807, 2.05) is 18.2 Å². The van der Waals surface area contributed by atoms with Crippen molar-refractivity contribution in [2.24, 2.45) is 10.9 Å². The third-order valence-corrected chi connectivity index (χ3v) is 2.59.